The van der Waals surface area contributed by atoms with E-state index >= 15 is 0 Å². The summed E-state index contributed by atoms with van der Waals surface area (Å²) < 4.78 is 28.4. The van der Waals surface area contributed by atoms with Crippen LogP contribution in [0.2, 0.25) is 5.02 Å². The number of ether oxygens (including phenoxy) is 1. The molecule has 2 fully saturated rings. The number of carbonyl (C=O) groups excluding carboxylic acids is 2. The third kappa shape index (κ3) is 5.08. The number of halogens is 1. The molecule has 1 aliphatic carbocycles. The lowest BCUT2D eigenvalue weighted by Gasteiger charge is -2.28. The van der Waals surface area contributed by atoms with Crippen LogP contribution in [0.15, 0.2) is 30.3 Å². The van der Waals surface area contributed by atoms with Crippen LogP contribution in [0.3, 0.4) is 0 Å². The molecular weight excluding hydrogens is 378 g/mol. The van der Waals surface area contributed by atoms with Gasteiger partial charge in [-0.3, -0.25) is 4.79 Å². The van der Waals surface area contributed by atoms with E-state index in [9.17, 15) is 18.0 Å². The zero-order chi connectivity index (χ0) is 18.7. The van der Waals surface area contributed by atoms with Crippen molar-refractivity contribution < 1.29 is 22.7 Å². The van der Waals surface area contributed by atoms with Crippen molar-refractivity contribution in [3.63, 3.8) is 0 Å². The maximum Gasteiger partial charge on any atom is 0.331 e. The Labute approximate surface area is 157 Å². The molecule has 6 nitrogen and oxygen atoms in total. The number of nitrogens with zero attached hydrogens (tertiary/aromatic N) is 1. The van der Waals surface area contributed by atoms with Gasteiger partial charge in [0.25, 0.3) is 5.91 Å². The summed E-state index contributed by atoms with van der Waals surface area (Å²) >= 11 is 5.80. The van der Waals surface area contributed by atoms with Crippen molar-refractivity contribution in [2.45, 2.75) is 31.3 Å². The zero-order valence-corrected chi connectivity index (χ0v) is 15.7. The molecule has 1 aliphatic heterocycles. The second-order valence-corrected chi connectivity index (χ2v) is 9.25. The molecule has 8 heteroatoms. The van der Waals surface area contributed by atoms with E-state index in [1.807, 2.05) is 0 Å². The molecule has 0 bridgehead atoms. The minimum absolute atomic E-state index is 0.000341. The summed E-state index contributed by atoms with van der Waals surface area (Å²) in [5, 5.41) is 0.601. The van der Waals surface area contributed by atoms with E-state index in [1.54, 1.807) is 35.2 Å². The standard InChI is InChI=1S/C18H20ClNO5S/c19-14-4-1-13(2-5-14)3-8-18(22)25-11-17(21)20(15-6-7-15)16-9-10-26(23,24)12-16/h1-5,8,15-16H,6-7,9-12H2/b8-3+/t16-/m0/s1. The van der Waals surface area contributed by atoms with Crippen molar-refractivity contribution in [3.8, 4) is 0 Å². The molecule has 0 aromatic heterocycles. The molecule has 1 heterocycles. The van der Waals surface area contributed by atoms with Crippen molar-refractivity contribution in [1.82, 2.24) is 4.90 Å². The lowest BCUT2D eigenvalue weighted by atomic mass is 10.2. The number of esters is 1. The number of rotatable bonds is 6. The van der Waals surface area contributed by atoms with Crippen LogP contribution < -0.4 is 0 Å². The molecule has 0 N–H and O–H groups in total. The molecule has 2 aliphatic rings. The van der Waals surface area contributed by atoms with E-state index in [0.29, 0.717) is 11.4 Å². The van der Waals surface area contributed by atoms with Crippen LogP contribution >= 0.6 is 11.6 Å². The van der Waals surface area contributed by atoms with E-state index < -0.39 is 15.8 Å². The Morgan fingerprint density at radius 1 is 1.15 bits per heavy atom. The Balaban J connectivity index is 1.53. The van der Waals surface area contributed by atoms with Gasteiger partial charge in [0, 0.05) is 23.2 Å². The maximum atomic E-state index is 12.5. The first-order chi connectivity index (χ1) is 12.3. The minimum atomic E-state index is -3.08. The predicted molar refractivity (Wildman–Crippen MR) is 98.4 cm³/mol. The Hall–Kier alpha value is -1.86. The van der Waals surface area contributed by atoms with Crippen molar-refractivity contribution in [3.05, 3.63) is 40.9 Å². The van der Waals surface area contributed by atoms with Gasteiger partial charge in [-0.05, 0) is 43.0 Å². The monoisotopic (exact) mass is 397 g/mol. The summed E-state index contributed by atoms with van der Waals surface area (Å²) in [6, 6.07) is 6.70. The highest BCUT2D eigenvalue weighted by atomic mass is 35.5. The van der Waals surface area contributed by atoms with Crippen LogP contribution in [0.4, 0.5) is 0 Å². The van der Waals surface area contributed by atoms with Gasteiger partial charge in [-0.15, -0.1) is 0 Å². The maximum absolute atomic E-state index is 12.5. The van der Waals surface area contributed by atoms with Crippen LogP contribution in [0.25, 0.3) is 6.08 Å². The molecule has 1 atom stereocenters. The first kappa shape index (κ1) is 18.9. The second-order valence-electron chi connectivity index (χ2n) is 6.58. The molecular formula is C18H20ClNO5S. The fourth-order valence-electron chi connectivity index (χ4n) is 3.05. The molecule has 0 spiro atoms. The largest absolute Gasteiger partial charge is 0.452 e. The van der Waals surface area contributed by atoms with Crippen LogP contribution in [0.1, 0.15) is 24.8 Å². The minimum Gasteiger partial charge on any atom is -0.452 e. The summed E-state index contributed by atoms with van der Waals surface area (Å²) in [4.78, 5) is 25.9. The zero-order valence-electron chi connectivity index (χ0n) is 14.1. The lowest BCUT2D eigenvalue weighted by Crippen LogP contribution is -2.44. The van der Waals surface area contributed by atoms with Crippen LogP contribution in [-0.4, -0.2) is 55.4 Å². The first-order valence-electron chi connectivity index (χ1n) is 8.46. The normalized spacial score (nSPS) is 21.7. The van der Waals surface area contributed by atoms with Gasteiger partial charge < -0.3 is 9.64 Å². The van der Waals surface area contributed by atoms with E-state index in [-0.39, 0.29) is 36.1 Å². The lowest BCUT2D eigenvalue weighted by molar-refractivity contribution is -0.149. The van der Waals surface area contributed by atoms with Gasteiger partial charge in [-0.1, -0.05) is 23.7 Å². The molecule has 1 aromatic rings. The van der Waals surface area contributed by atoms with Gasteiger partial charge in [0.1, 0.15) is 0 Å². The number of amides is 1. The Morgan fingerprint density at radius 2 is 1.85 bits per heavy atom. The number of sulfone groups is 1. The SMILES string of the molecule is O=C(/C=C/c1ccc(Cl)cc1)OCC(=O)N(C1CC1)[C@H]1CCS(=O)(=O)C1. The van der Waals surface area contributed by atoms with Crippen molar-refractivity contribution in [2.24, 2.45) is 0 Å². The average molecular weight is 398 g/mol. The highest BCUT2D eigenvalue weighted by molar-refractivity contribution is 7.91. The van der Waals surface area contributed by atoms with Gasteiger partial charge in [0.15, 0.2) is 16.4 Å². The topological polar surface area (TPSA) is 80.8 Å². The fraction of sp³-hybridized carbons (Fsp3) is 0.444. The number of hydrogen-bond acceptors (Lipinski definition) is 5. The van der Waals surface area contributed by atoms with Gasteiger partial charge in [0.2, 0.25) is 0 Å². The number of carbonyl (C=O) groups is 2. The summed E-state index contributed by atoms with van der Waals surface area (Å²) in [5.74, 6) is -0.844. The highest BCUT2D eigenvalue weighted by Gasteiger charge is 2.42. The van der Waals surface area contributed by atoms with E-state index in [0.717, 1.165) is 18.4 Å². The smallest absolute Gasteiger partial charge is 0.331 e. The van der Waals surface area contributed by atoms with Crippen LogP contribution in [0, 0.1) is 0 Å². The quantitative estimate of drug-likeness (QED) is 0.542. The summed E-state index contributed by atoms with van der Waals surface area (Å²) in [5.41, 5.74) is 0.786. The second kappa shape index (κ2) is 7.80. The van der Waals surface area contributed by atoms with Gasteiger partial charge in [-0.2, -0.15) is 0 Å². The predicted octanol–water partition coefficient (Wildman–Crippen LogP) is 2.07. The molecule has 3 rings (SSSR count). The van der Waals surface area contributed by atoms with Gasteiger partial charge >= 0.3 is 5.97 Å². The highest BCUT2D eigenvalue weighted by Crippen LogP contribution is 2.32. The molecule has 140 valence electrons. The van der Waals surface area contributed by atoms with E-state index in [4.69, 9.17) is 16.3 Å². The van der Waals surface area contributed by atoms with E-state index in [2.05, 4.69) is 0 Å². The Bertz CT molecular complexity index is 814. The molecule has 0 unspecified atom stereocenters. The third-order valence-electron chi connectivity index (χ3n) is 4.45. The number of benzene rings is 1. The van der Waals surface area contributed by atoms with Gasteiger partial charge in [-0.25, -0.2) is 13.2 Å². The van der Waals surface area contributed by atoms with Crippen molar-refractivity contribution in [1.29, 1.82) is 0 Å². The molecule has 0 radical (unpaired) electrons. The Morgan fingerprint density at radius 3 is 2.42 bits per heavy atom. The number of hydrogen-bond donors (Lipinski definition) is 0. The van der Waals surface area contributed by atoms with Crippen molar-refractivity contribution in [2.75, 3.05) is 18.1 Å². The first-order valence-corrected chi connectivity index (χ1v) is 10.7. The van der Waals surface area contributed by atoms with Crippen LogP contribution in [-0.2, 0) is 24.2 Å². The average Bonchev–Trinajstić information content (AvgIpc) is 3.36. The summed E-state index contributed by atoms with van der Waals surface area (Å²) in [7, 11) is -3.08. The summed E-state index contributed by atoms with van der Waals surface area (Å²) in [6.07, 6.45) is 5.01. The Kier molecular flexibility index (Phi) is 5.67. The fourth-order valence-corrected chi connectivity index (χ4v) is 4.88. The van der Waals surface area contributed by atoms with E-state index in [1.165, 1.54) is 6.08 Å². The third-order valence-corrected chi connectivity index (χ3v) is 6.45. The van der Waals surface area contributed by atoms with Gasteiger partial charge in [0.05, 0.1) is 11.5 Å². The molecule has 26 heavy (non-hydrogen) atoms. The molecule has 1 saturated carbocycles. The molecule has 1 aromatic carbocycles. The molecule has 1 amide bonds. The van der Waals surface area contributed by atoms with Crippen LogP contribution in [0.5, 0.6) is 0 Å². The van der Waals surface area contributed by atoms with Crippen molar-refractivity contribution >= 4 is 39.4 Å². The summed E-state index contributed by atoms with van der Waals surface area (Å²) in [6.45, 7) is -0.378. The molecule has 1 saturated heterocycles.